The zero-order valence-corrected chi connectivity index (χ0v) is 9.31. The van der Waals surface area contributed by atoms with Crippen molar-refractivity contribution in [2.75, 3.05) is 7.05 Å². The van der Waals surface area contributed by atoms with Gasteiger partial charge in [0.25, 0.3) is 0 Å². The monoisotopic (exact) mass is 193 g/mol. The SMILES string of the molecule is CNC(NN)c1ccc(C)c(C)c1C. The van der Waals surface area contributed by atoms with Crippen LogP contribution in [0, 0.1) is 20.8 Å². The molecular weight excluding hydrogens is 174 g/mol. The fourth-order valence-electron chi connectivity index (χ4n) is 1.62. The summed E-state index contributed by atoms with van der Waals surface area (Å²) in [7, 11) is 1.89. The Morgan fingerprint density at radius 1 is 1.14 bits per heavy atom. The lowest BCUT2D eigenvalue weighted by Crippen LogP contribution is -2.37. The third kappa shape index (κ3) is 1.95. The second-order valence-corrected chi connectivity index (χ2v) is 3.61. The second-order valence-electron chi connectivity index (χ2n) is 3.61. The summed E-state index contributed by atoms with van der Waals surface area (Å²) < 4.78 is 0. The fourth-order valence-corrected chi connectivity index (χ4v) is 1.62. The van der Waals surface area contributed by atoms with Crippen molar-refractivity contribution in [2.45, 2.75) is 26.9 Å². The first-order valence-electron chi connectivity index (χ1n) is 4.82. The van der Waals surface area contributed by atoms with Crippen molar-refractivity contribution in [2.24, 2.45) is 5.84 Å². The summed E-state index contributed by atoms with van der Waals surface area (Å²) in [6.07, 6.45) is 0.0225. The zero-order chi connectivity index (χ0) is 10.7. The van der Waals surface area contributed by atoms with Crippen molar-refractivity contribution in [3.8, 4) is 0 Å². The normalized spacial score (nSPS) is 12.9. The van der Waals surface area contributed by atoms with Gasteiger partial charge in [0.15, 0.2) is 0 Å². The molecule has 0 saturated heterocycles. The second kappa shape index (κ2) is 4.55. The first-order chi connectivity index (χ1) is 6.61. The van der Waals surface area contributed by atoms with Crippen LogP contribution in [0.25, 0.3) is 0 Å². The van der Waals surface area contributed by atoms with Crippen LogP contribution in [-0.4, -0.2) is 7.05 Å². The van der Waals surface area contributed by atoms with Crippen molar-refractivity contribution in [3.05, 3.63) is 34.4 Å². The molecule has 1 atom stereocenters. The van der Waals surface area contributed by atoms with Crippen LogP contribution in [-0.2, 0) is 0 Å². The molecule has 78 valence electrons. The summed E-state index contributed by atoms with van der Waals surface area (Å²) in [5.74, 6) is 5.46. The highest BCUT2D eigenvalue weighted by Gasteiger charge is 2.11. The van der Waals surface area contributed by atoms with E-state index in [1.807, 2.05) is 7.05 Å². The van der Waals surface area contributed by atoms with E-state index in [4.69, 9.17) is 5.84 Å². The summed E-state index contributed by atoms with van der Waals surface area (Å²) >= 11 is 0. The summed E-state index contributed by atoms with van der Waals surface area (Å²) in [6.45, 7) is 6.38. The van der Waals surface area contributed by atoms with E-state index in [1.165, 1.54) is 22.3 Å². The number of hydrogen-bond acceptors (Lipinski definition) is 3. The molecule has 3 heteroatoms. The molecule has 0 spiro atoms. The van der Waals surface area contributed by atoms with Gasteiger partial charge in [-0.05, 0) is 50.1 Å². The summed E-state index contributed by atoms with van der Waals surface area (Å²) in [6, 6.07) is 4.23. The van der Waals surface area contributed by atoms with Crippen LogP contribution in [0.15, 0.2) is 12.1 Å². The third-order valence-electron chi connectivity index (χ3n) is 2.87. The Kier molecular flexibility index (Phi) is 3.63. The zero-order valence-electron chi connectivity index (χ0n) is 9.31. The topological polar surface area (TPSA) is 50.1 Å². The molecule has 4 N–H and O–H groups in total. The molecule has 0 amide bonds. The van der Waals surface area contributed by atoms with E-state index in [9.17, 15) is 0 Å². The lowest BCUT2D eigenvalue weighted by molar-refractivity contribution is 0.486. The number of hydrogen-bond donors (Lipinski definition) is 3. The molecule has 1 rings (SSSR count). The number of benzene rings is 1. The van der Waals surface area contributed by atoms with E-state index >= 15 is 0 Å². The third-order valence-corrected chi connectivity index (χ3v) is 2.87. The molecule has 0 saturated carbocycles. The van der Waals surface area contributed by atoms with Crippen LogP contribution < -0.4 is 16.6 Å². The van der Waals surface area contributed by atoms with Crippen LogP contribution in [0.5, 0.6) is 0 Å². The fraction of sp³-hybridized carbons (Fsp3) is 0.455. The largest absolute Gasteiger partial charge is 0.300 e. The Morgan fingerprint density at radius 3 is 2.29 bits per heavy atom. The predicted molar refractivity (Wildman–Crippen MR) is 59.8 cm³/mol. The summed E-state index contributed by atoms with van der Waals surface area (Å²) in [4.78, 5) is 0. The smallest absolute Gasteiger partial charge is 0.0961 e. The van der Waals surface area contributed by atoms with Gasteiger partial charge < -0.3 is 5.32 Å². The van der Waals surface area contributed by atoms with E-state index in [2.05, 4.69) is 43.6 Å². The van der Waals surface area contributed by atoms with Gasteiger partial charge in [0.2, 0.25) is 0 Å². The van der Waals surface area contributed by atoms with Crippen molar-refractivity contribution in [1.29, 1.82) is 0 Å². The minimum absolute atomic E-state index is 0.0225. The van der Waals surface area contributed by atoms with Crippen LogP contribution in [0.2, 0.25) is 0 Å². The quantitative estimate of drug-likeness (QED) is 0.385. The van der Waals surface area contributed by atoms with Crippen LogP contribution in [0.3, 0.4) is 0 Å². The van der Waals surface area contributed by atoms with E-state index in [1.54, 1.807) is 0 Å². The van der Waals surface area contributed by atoms with Gasteiger partial charge in [0.1, 0.15) is 0 Å². The van der Waals surface area contributed by atoms with Gasteiger partial charge in [0.05, 0.1) is 6.17 Å². The highest BCUT2D eigenvalue weighted by atomic mass is 15.3. The molecule has 0 aromatic heterocycles. The highest BCUT2D eigenvalue weighted by molar-refractivity contribution is 5.40. The van der Waals surface area contributed by atoms with Crippen LogP contribution in [0.1, 0.15) is 28.4 Å². The number of nitrogens with one attached hydrogen (secondary N) is 2. The van der Waals surface area contributed by atoms with Gasteiger partial charge in [-0.25, -0.2) is 5.43 Å². The van der Waals surface area contributed by atoms with Gasteiger partial charge in [-0.1, -0.05) is 12.1 Å². The Labute approximate surface area is 85.7 Å². The average Bonchev–Trinajstić information content (AvgIpc) is 2.19. The highest BCUT2D eigenvalue weighted by Crippen LogP contribution is 2.20. The molecule has 14 heavy (non-hydrogen) atoms. The summed E-state index contributed by atoms with van der Waals surface area (Å²) in [5.41, 5.74) is 7.89. The molecular formula is C11H19N3. The maximum absolute atomic E-state index is 5.46. The lowest BCUT2D eigenvalue weighted by Gasteiger charge is -2.19. The lowest BCUT2D eigenvalue weighted by atomic mass is 9.97. The van der Waals surface area contributed by atoms with Crippen molar-refractivity contribution in [1.82, 2.24) is 10.7 Å². The molecule has 0 bridgehead atoms. The molecule has 3 nitrogen and oxygen atoms in total. The molecule has 0 fully saturated rings. The molecule has 0 heterocycles. The Balaban J connectivity index is 3.16. The van der Waals surface area contributed by atoms with Crippen molar-refractivity contribution >= 4 is 0 Å². The molecule has 0 radical (unpaired) electrons. The number of hydrazine groups is 1. The standard InChI is InChI=1S/C11H19N3/c1-7-5-6-10(9(3)8(7)2)11(13-4)14-12/h5-6,11,13-14H,12H2,1-4H3. The Hall–Kier alpha value is -0.900. The van der Waals surface area contributed by atoms with Gasteiger partial charge in [-0.15, -0.1) is 0 Å². The van der Waals surface area contributed by atoms with Gasteiger partial charge in [-0.2, -0.15) is 0 Å². The van der Waals surface area contributed by atoms with Crippen LogP contribution in [0.4, 0.5) is 0 Å². The van der Waals surface area contributed by atoms with Gasteiger partial charge >= 0.3 is 0 Å². The minimum atomic E-state index is 0.0225. The molecule has 0 aliphatic carbocycles. The van der Waals surface area contributed by atoms with E-state index in [0.717, 1.165) is 0 Å². The Bertz CT molecular complexity index is 317. The average molecular weight is 193 g/mol. The van der Waals surface area contributed by atoms with Gasteiger partial charge in [0, 0.05) is 0 Å². The maximum Gasteiger partial charge on any atom is 0.0961 e. The molecule has 0 aliphatic rings. The van der Waals surface area contributed by atoms with Crippen molar-refractivity contribution in [3.63, 3.8) is 0 Å². The maximum atomic E-state index is 5.46. The molecule has 1 unspecified atom stereocenters. The number of aryl methyl sites for hydroxylation is 1. The van der Waals surface area contributed by atoms with E-state index in [0.29, 0.717) is 0 Å². The number of nitrogens with two attached hydrogens (primary N) is 1. The minimum Gasteiger partial charge on any atom is -0.300 e. The van der Waals surface area contributed by atoms with Crippen LogP contribution >= 0.6 is 0 Å². The molecule has 1 aromatic carbocycles. The Morgan fingerprint density at radius 2 is 1.79 bits per heavy atom. The molecule has 0 aliphatic heterocycles. The first-order valence-corrected chi connectivity index (χ1v) is 4.82. The van der Waals surface area contributed by atoms with E-state index in [-0.39, 0.29) is 6.17 Å². The summed E-state index contributed by atoms with van der Waals surface area (Å²) in [5, 5.41) is 3.12. The van der Waals surface area contributed by atoms with E-state index < -0.39 is 0 Å². The molecule has 1 aromatic rings. The van der Waals surface area contributed by atoms with Crippen molar-refractivity contribution < 1.29 is 0 Å². The number of rotatable bonds is 3. The first kappa shape index (κ1) is 11.2. The van der Waals surface area contributed by atoms with Gasteiger partial charge in [-0.3, -0.25) is 5.84 Å². The predicted octanol–water partition coefficient (Wildman–Crippen LogP) is 1.29.